The van der Waals surface area contributed by atoms with Gasteiger partial charge in [0.25, 0.3) is 0 Å². The van der Waals surface area contributed by atoms with Crippen molar-refractivity contribution in [2.45, 2.75) is 56.3 Å². The molecule has 0 spiro atoms. The highest BCUT2D eigenvalue weighted by Crippen LogP contribution is 2.19. The number of nitrogens with two attached hydrogens (primary N) is 3. The molecule has 0 aliphatic rings. The molecule has 1 aromatic heterocycles. The van der Waals surface area contributed by atoms with Crippen molar-refractivity contribution < 1.29 is 44.1 Å². The number of hydrogen-bond acceptors (Lipinski definition) is 8. The molecule has 2 aromatic rings. The summed E-state index contributed by atoms with van der Waals surface area (Å²) in [6.45, 7) is 0.0519. The molecule has 0 fully saturated rings. The van der Waals surface area contributed by atoms with Gasteiger partial charge in [-0.2, -0.15) is 0 Å². The van der Waals surface area contributed by atoms with Crippen LogP contribution in [0.3, 0.4) is 0 Å². The lowest BCUT2D eigenvalue weighted by Gasteiger charge is -2.24. The van der Waals surface area contributed by atoms with E-state index in [2.05, 4.69) is 25.9 Å². The molecule has 17 heteroatoms. The second kappa shape index (κ2) is 15.6. The third-order valence-electron chi connectivity index (χ3n) is 6.03. The first-order valence-electron chi connectivity index (χ1n) is 12.7. The first-order valence-corrected chi connectivity index (χ1v) is 12.7. The fraction of sp³-hybridized carbons (Fsp3) is 0.400. The fourth-order valence-electron chi connectivity index (χ4n) is 3.98. The molecule has 0 aliphatic heterocycles. The number of para-hydroxylation sites is 1. The minimum atomic E-state index is -1.73. The van der Waals surface area contributed by atoms with E-state index in [4.69, 9.17) is 22.3 Å². The van der Waals surface area contributed by atoms with Crippen molar-refractivity contribution in [1.29, 1.82) is 0 Å². The van der Waals surface area contributed by atoms with Crippen molar-refractivity contribution in [3.63, 3.8) is 0 Å². The van der Waals surface area contributed by atoms with Crippen LogP contribution in [0.25, 0.3) is 10.9 Å². The molecule has 3 amide bonds. The Hall–Kier alpha value is -5.19. The number of benzene rings is 1. The molecule has 0 radical (unpaired) electrons. The summed E-state index contributed by atoms with van der Waals surface area (Å²) in [6.07, 6.45) is -0.160. The van der Waals surface area contributed by atoms with Crippen molar-refractivity contribution in [2.75, 3.05) is 6.54 Å². The summed E-state index contributed by atoms with van der Waals surface area (Å²) in [6, 6.07) is 0.985. The molecule has 4 unspecified atom stereocenters. The van der Waals surface area contributed by atoms with Crippen molar-refractivity contribution in [3.8, 4) is 0 Å². The fourth-order valence-corrected chi connectivity index (χ4v) is 3.98. The number of aliphatic carboxylic acids is 3. The van der Waals surface area contributed by atoms with E-state index >= 15 is 0 Å². The number of fused-ring (bicyclic) bond motifs is 1. The van der Waals surface area contributed by atoms with E-state index in [1.807, 2.05) is 0 Å². The van der Waals surface area contributed by atoms with Crippen LogP contribution in [0.15, 0.2) is 35.5 Å². The maximum Gasteiger partial charge on any atom is 0.326 e. The molecule has 0 aliphatic carbocycles. The van der Waals surface area contributed by atoms with E-state index in [1.165, 1.54) is 0 Å². The van der Waals surface area contributed by atoms with Crippen LogP contribution in [0.2, 0.25) is 0 Å². The molecular formula is C25H34N8O9. The molecule has 0 saturated carbocycles. The number of aliphatic imine (C=N–C) groups is 1. The van der Waals surface area contributed by atoms with Gasteiger partial charge < -0.3 is 53.5 Å². The third-order valence-corrected chi connectivity index (χ3v) is 6.03. The second-order valence-corrected chi connectivity index (χ2v) is 9.34. The Kier molecular flexibility index (Phi) is 12.2. The van der Waals surface area contributed by atoms with Crippen LogP contribution in [-0.4, -0.2) is 92.6 Å². The first-order chi connectivity index (χ1) is 19.8. The van der Waals surface area contributed by atoms with Gasteiger partial charge in [0, 0.05) is 30.1 Å². The Labute approximate surface area is 238 Å². The number of nitrogens with one attached hydrogen (secondary N) is 4. The molecule has 17 nitrogen and oxygen atoms in total. The van der Waals surface area contributed by atoms with Gasteiger partial charge in [0.2, 0.25) is 17.7 Å². The molecule has 1 aromatic carbocycles. The number of aromatic amines is 1. The largest absolute Gasteiger partial charge is 0.481 e. The lowest BCUT2D eigenvalue weighted by atomic mass is 10.0. The van der Waals surface area contributed by atoms with Crippen LogP contribution in [0.5, 0.6) is 0 Å². The average molecular weight is 591 g/mol. The van der Waals surface area contributed by atoms with E-state index in [0.29, 0.717) is 5.56 Å². The van der Waals surface area contributed by atoms with Gasteiger partial charge >= 0.3 is 17.9 Å². The van der Waals surface area contributed by atoms with E-state index in [1.54, 1.807) is 30.5 Å². The summed E-state index contributed by atoms with van der Waals surface area (Å²) < 4.78 is 0. The van der Waals surface area contributed by atoms with E-state index < -0.39 is 72.6 Å². The zero-order valence-electron chi connectivity index (χ0n) is 22.4. The van der Waals surface area contributed by atoms with E-state index in [-0.39, 0.29) is 31.8 Å². The van der Waals surface area contributed by atoms with Crippen molar-refractivity contribution >= 4 is 52.5 Å². The van der Waals surface area contributed by atoms with E-state index in [0.717, 1.165) is 10.9 Å². The van der Waals surface area contributed by atoms with Gasteiger partial charge in [-0.05, 0) is 24.5 Å². The Morgan fingerprint density at radius 2 is 1.43 bits per heavy atom. The number of carboxylic acids is 3. The van der Waals surface area contributed by atoms with Crippen LogP contribution >= 0.6 is 0 Å². The molecule has 42 heavy (non-hydrogen) atoms. The monoisotopic (exact) mass is 590 g/mol. The summed E-state index contributed by atoms with van der Waals surface area (Å²) >= 11 is 0. The molecule has 4 atom stereocenters. The predicted octanol–water partition coefficient (Wildman–Crippen LogP) is -2.42. The third kappa shape index (κ3) is 10.4. The number of carboxylic acid groups (broad SMARTS) is 3. The smallest absolute Gasteiger partial charge is 0.326 e. The lowest BCUT2D eigenvalue weighted by Crippen LogP contribution is -2.57. The van der Waals surface area contributed by atoms with Gasteiger partial charge in [0.1, 0.15) is 18.1 Å². The highest BCUT2D eigenvalue weighted by Gasteiger charge is 2.32. The Balaban J connectivity index is 2.20. The quantitative estimate of drug-likeness (QED) is 0.0523. The Morgan fingerprint density at radius 3 is 2.05 bits per heavy atom. The number of aromatic nitrogens is 1. The number of guanidine groups is 1. The molecule has 2 rings (SSSR count). The SMILES string of the molecule is NC(N)=NCCCC(NC(=O)C(N)CC(=O)O)C(=O)NC(CC(=O)O)C(=O)NC(Cc1c[nH]c2ccccc12)C(=O)O. The Morgan fingerprint density at radius 1 is 0.833 bits per heavy atom. The minimum Gasteiger partial charge on any atom is -0.481 e. The summed E-state index contributed by atoms with van der Waals surface area (Å²) in [5.74, 6) is -7.52. The highest BCUT2D eigenvalue weighted by molar-refractivity contribution is 5.96. The second-order valence-electron chi connectivity index (χ2n) is 9.34. The number of H-pyrrole nitrogens is 1. The van der Waals surface area contributed by atoms with Gasteiger partial charge in [-0.25, -0.2) is 4.79 Å². The maximum atomic E-state index is 13.1. The maximum absolute atomic E-state index is 13.1. The Bertz CT molecular complexity index is 1340. The zero-order valence-corrected chi connectivity index (χ0v) is 22.4. The average Bonchev–Trinajstić information content (AvgIpc) is 3.31. The number of nitrogens with zero attached hydrogens (tertiary/aromatic N) is 1. The molecule has 228 valence electrons. The summed E-state index contributed by atoms with van der Waals surface area (Å²) in [7, 11) is 0. The minimum absolute atomic E-state index is 0.0519. The van der Waals surface area contributed by atoms with Crippen LogP contribution in [0.4, 0.5) is 0 Å². The topological polar surface area (TPSA) is 305 Å². The number of amides is 3. The van der Waals surface area contributed by atoms with Crippen molar-refractivity contribution in [1.82, 2.24) is 20.9 Å². The van der Waals surface area contributed by atoms with Crippen LogP contribution in [0.1, 0.15) is 31.2 Å². The van der Waals surface area contributed by atoms with Crippen LogP contribution in [0, 0.1) is 0 Å². The van der Waals surface area contributed by atoms with E-state index in [9.17, 15) is 39.0 Å². The summed E-state index contributed by atoms with van der Waals surface area (Å²) in [5, 5.41) is 35.5. The lowest BCUT2D eigenvalue weighted by molar-refractivity contribution is -0.143. The van der Waals surface area contributed by atoms with Crippen molar-refractivity contribution in [2.24, 2.45) is 22.2 Å². The summed E-state index contributed by atoms with van der Waals surface area (Å²) in [4.78, 5) is 79.7. The molecule has 13 N–H and O–H groups in total. The van der Waals surface area contributed by atoms with Gasteiger partial charge in [0.15, 0.2) is 5.96 Å². The number of hydrogen-bond donors (Lipinski definition) is 10. The number of carbonyl (C=O) groups excluding carboxylic acids is 3. The van der Waals surface area contributed by atoms with Gasteiger partial charge in [-0.3, -0.25) is 29.0 Å². The normalized spacial score (nSPS) is 13.6. The van der Waals surface area contributed by atoms with Crippen LogP contribution < -0.4 is 33.2 Å². The summed E-state index contributed by atoms with van der Waals surface area (Å²) in [5.41, 5.74) is 17.4. The highest BCUT2D eigenvalue weighted by atomic mass is 16.4. The predicted molar refractivity (Wildman–Crippen MR) is 148 cm³/mol. The van der Waals surface area contributed by atoms with Gasteiger partial charge in [0.05, 0.1) is 18.9 Å². The number of carbonyl (C=O) groups is 6. The molecular weight excluding hydrogens is 556 g/mol. The number of rotatable bonds is 17. The first kappa shape index (κ1) is 33.0. The molecule has 0 saturated heterocycles. The van der Waals surface area contributed by atoms with Gasteiger partial charge in [-0.15, -0.1) is 0 Å². The molecule has 0 bridgehead atoms. The molecule has 1 heterocycles. The zero-order chi connectivity index (χ0) is 31.4. The van der Waals surface area contributed by atoms with Crippen LogP contribution in [-0.2, 0) is 35.2 Å². The van der Waals surface area contributed by atoms with Gasteiger partial charge in [-0.1, -0.05) is 18.2 Å². The van der Waals surface area contributed by atoms with Crippen molar-refractivity contribution in [3.05, 3.63) is 36.0 Å². The standard InChI is InChI=1S/C25H34N8O9/c26-14(9-19(34)35)21(38)31-16(6-3-7-29-25(27)28)22(39)32-17(10-20(36)37)23(40)33-18(24(41)42)8-12-11-30-15-5-2-1-4-13(12)15/h1-2,4-5,11,14,16-18,30H,3,6-10,26H2,(H,31,38)(H,32,39)(H,33,40)(H,34,35)(H,36,37)(H,41,42)(H4,27,28,29).